The number of rotatable bonds is 3. The molecule has 0 spiro atoms. The van der Waals surface area contributed by atoms with E-state index >= 15 is 0 Å². The van der Waals surface area contributed by atoms with Crippen LogP contribution in [0.3, 0.4) is 0 Å². The van der Waals surface area contributed by atoms with E-state index in [0.29, 0.717) is 11.6 Å². The minimum atomic E-state index is -0.521. The molecule has 7 heteroatoms. The highest BCUT2D eigenvalue weighted by molar-refractivity contribution is 7.99. The van der Waals surface area contributed by atoms with E-state index < -0.39 is 11.5 Å². The molecule has 1 atom stereocenters. The Morgan fingerprint density at radius 3 is 2.23 bits per heavy atom. The SMILES string of the molecule is CC(C)(C)NC(=O)CNC(=O)[C@H]1CSCN1C(=O)C(C)(C)C. The zero-order valence-electron chi connectivity index (χ0n) is 14.3. The molecular weight excluding hydrogens is 302 g/mol. The van der Waals surface area contributed by atoms with Gasteiger partial charge in [0.15, 0.2) is 0 Å². The maximum atomic E-state index is 12.4. The first-order valence-electron chi connectivity index (χ1n) is 7.39. The fourth-order valence-corrected chi connectivity index (χ4v) is 3.19. The summed E-state index contributed by atoms with van der Waals surface area (Å²) in [5.41, 5.74) is -0.855. The predicted molar refractivity (Wildman–Crippen MR) is 88.3 cm³/mol. The fourth-order valence-electron chi connectivity index (χ4n) is 2.04. The maximum absolute atomic E-state index is 12.4. The van der Waals surface area contributed by atoms with Gasteiger partial charge in [0.1, 0.15) is 6.04 Å². The molecule has 22 heavy (non-hydrogen) atoms. The molecule has 0 aromatic carbocycles. The molecule has 0 bridgehead atoms. The van der Waals surface area contributed by atoms with E-state index in [1.54, 1.807) is 16.7 Å². The third-order valence-corrected chi connectivity index (χ3v) is 4.04. The van der Waals surface area contributed by atoms with Crippen LogP contribution in [0.1, 0.15) is 41.5 Å². The lowest BCUT2D eigenvalue weighted by molar-refractivity contribution is -0.144. The van der Waals surface area contributed by atoms with Gasteiger partial charge in [-0.15, -0.1) is 11.8 Å². The second-order valence-corrected chi connectivity index (χ2v) is 8.56. The molecule has 0 saturated carbocycles. The van der Waals surface area contributed by atoms with E-state index in [0.717, 1.165) is 0 Å². The van der Waals surface area contributed by atoms with Crippen LogP contribution in [0.15, 0.2) is 0 Å². The van der Waals surface area contributed by atoms with E-state index in [4.69, 9.17) is 0 Å². The van der Waals surface area contributed by atoms with Gasteiger partial charge in [-0.2, -0.15) is 0 Å². The van der Waals surface area contributed by atoms with Crippen molar-refractivity contribution in [3.63, 3.8) is 0 Å². The molecule has 1 aliphatic rings. The fraction of sp³-hybridized carbons (Fsp3) is 0.800. The van der Waals surface area contributed by atoms with Crippen molar-refractivity contribution < 1.29 is 14.4 Å². The van der Waals surface area contributed by atoms with Crippen molar-refractivity contribution in [2.24, 2.45) is 5.41 Å². The Labute approximate surface area is 136 Å². The lowest BCUT2D eigenvalue weighted by Crippen LogP contribution is -2.52. The van der Waals surface area contributed by atoms with Crippen molar-refractivity contribution in [2.75, 3.05) is 18.2 Å². The van der Waals surface area contributed by atoms with E-state index in [1.165, 1.54) is 0 Å². The Bertz CT molecular complexity index is 452. The summed E-state index contributed by atoms with van der Waals surface area (Å²) >= 11 is 1.55. The summed E-state index contributed by atoms with van der Waals surface area (Å²) in [4.78, 5) is 38.0. The Balaban J connectivity index is 2.58. The van der Waals surface area contributed by atoms with Crippen LogP contribution in [0, 0.1) is 5.41 Å². The number of nitrogens with zero attached hydrogens (tertiary/aromatic N) is 1. The highest BCUT2D eigenvalue weighted by atomic mass is 32.2. The molecule has 1 rings (SSSR count). The van der Waals surface area contributed by atoms with Gasteiger partial charge in [-0.1, -0.05) is 20.8 Å². The van der Waals surface area contributed by atoms with Gasteiger partial charge in [-0.05, 0) is 20.8 Å². The summed E-state index contributed by atoms with van der Waals surface area (Å²) in [6, 6.07) is -0.501. The second kappa shape index (κ2) is 6.89. The summed E-state index contributed by atoms with van der Waals surface area (Å²) in [5, 5.41) is 5.41. The van der Waals surface area contributed by atoms with Gasteiger partial charge in [-0.3, -0.25) is 14.4 Å². The minimum Gasteiger partial charge on any atom is -0.350 e. The summed E-state index contributed by atoms with van der Waals surface area (Å²) in [6.45, 7) is 11.1. The van der Waals surface area contributed by atoms with Gasteiger partial charge in [0.25, 0.3) is 0 Å². The molecule has 0 unspecified atom stereocenters. The van der Waals surface area contributed by atoms with Gasteiger partial charge >= 0.3 is 0 Å². The highest BCUT2D eigenvalue weighted by Gasteiger charge is 2.39. The van der Waals surface area contributed by atoms with Crippen molar-refractivity contribution in [3.8, 4) is 0 Å². The minimum absolute atomic E-state index is 0.0446. The maximum Gasteiger partial charge on any atom is 0.244 e. The van der Waals surface area contributed by atoms with Crippen LogP contribution in [-0.2, 0) is 14.4 Å². The van der Waals surface area contributed by atoms with Crippen molar-refractivity contribution in [1.29, 1.82) is 0 Å². The Kier molecular flexibility index (Phi) is 5.89. The zero-order valence-corrected chi connectivity index (χ0v) is 15.1. The van der Waals surface area contributed by atoms with Crippen LogP contribution in [0.2, 0.25) is 0 Å². The topological polar surface area (TPSA) is 78.5 Å². The molecule has 6 nitrogen and oxygen atoms in total. The van der Waals surface area contributed by atoms with E-state index in [-0.39, 0.29) is 29.8 Å². The molecule has 1 saturated heterocycles. The summed E-state index contributed by atoms with van der Waals surface area (Å²) in [6.07, 6.45) is 0. The standard InChI is InChI=1S/C15H27N3O3S/c1-14(2,3)13(21)18-9-22-8-10(18)12(20)16-7-11(19)17-15(4,5)6/h10H,7-9H2,1-6H3,(H,16,20)(H,17,19)/t10-/m1/s1. The molecule has 1 heterocycles. The molecular formula is C15H27N3O3S. The van der Waals surface area contributed by atoms with Crippen LogP contribution < -0.4 is 10.6 Å². The lowest BCUT2D eigenvalue weighted by atomic mass is 9.94. The number of amides is 3. The highest BCUT2D eigenvalue weighted by Crippen LogP contribution is 2.27. The Morgan fingerprint density at radius 1 is 1.14 bits per heavy atom. The number of carbonyl (C=O) groups is 3. The number of nitrogens with one attached hydrogen (secondary N) is 2. The molecule has 0 aliphatic carbocycles. The van der Waals surface area contributed by atoms with Gasteiger partial charge < -0.3 is 15.5 Å². The van der Waals surface area contributed by atoms with Crippen LogP contribution >= 0.6 is 11.8 Å². The third kappa shape index (κ3) is 5.51. The molecule has 0 aromatic rings. The molecule has 0 aromatic heterocycles. The van der Waals surface area contributed by atoms with E-state index in [1.807, 2.05) is 41.5 Å². The molecule has 1 fully saturated rings. The smallest absolute Gasteiger partial charge is 0.244 e. The molecule has 1 aliphatic heterocycles. The van der Waals surface area contributed by atoms with Gasteiger partial charge in [0.2, 0.25) is 17.7 Å². The van der Waals surface area contributed by atoms with Crippen LogP contribution in [-0.4, -0.2) is 52.4 Å². The normalized spacial score (nSPS) is 19.0. The molecule has 0 radical (unpaired) electrons. The Morgan fingerprint density at radius 2 is 1.73 bits per heavy atom. The lowest BCUT2D eigenvalue weighted by Gasteiger charge is -2.29. The predicted octanol–water partition coefficient (Wildman–Crippen LogP) is 0.965. The summed E-state index contributed by atoms with van der Waals surface area (Å²) in [5.74, 6) is 0.528. The van der Waals surface area contributed by atoms with Crippen molar-refractivity contribution >= 4 is 29.5 Å². The Hall–Kier alpha value is -1.24. The summed E-state index contributed by atoms with van der Waals surface area (Å²) in [7, 11) is 0. The quantitative estimate of drug-likeness (QED) is 0.808. The average Bonchev–Trinajstić information content (AvgIpc) is 2.80. The molecule has 2 N–H and O–H groups in total. The number of carbonyl (C=O) groups excluding carboxylic acids is 3. The van der Waals surface area contributed by atoms with Crippen molar-refractivity contribution in [1.82, 2.24) is 15.5 Å². The molecule has 126 valence electrons. The first kappa shape index (κ1) is 18.8. The average molecular weight is 329 g/mol. The van der Waals surface area contributed by atoms with Crippen LogP contribution in [0.25, 0.3) is 0 Å². The monoisotopic (exact) mass is 329 g/mol. The zero-order chi connectivity index (χ0) is 17.1. The van der Waals surface area contributed by atoms with Crippen LogP contribution in [0.5, 0.6) is 0 Å². The van der Waals surface area contributed by atoms with Crippen molar-refractivity contribution in [3.05, 3.63) is 0 Å². The number of hydrogen-bond acceptors (Lipinski definition) is 4. The first-order valence-corrected chi connectivity index (χ1v) is 8.55. The number of hydrogen-bond donors (Lipinski definition) is 2. The third-order valence-electron chi connectivity index (χ3n) is 3.03. The van der Waals surface area contributed by atoms with Gasteiger partial charge in [0, 0.05) is 16.7 Å². The van der Waals surface area contributed by atoms with Crippen LogP contribution in [0.4, 0.5) is 0 Å². The largest absolute Gasteiger partial charge is 0.350 e. The van der Waals surface area contributed by atoms with E-state index in [2.05, 4.69) is 10.6 Å². The van der Waals surface area contributed by atoms with Gasteiger partial charge in [-0.25, -0.2) is 0 Å². The van der Waals surface area contributed by atoms with Gasteiger partial charge in [0.05, 0.1) is 12.4 Å². The van der Waals surface area contributed by atoms with Crippen molar-refractivity contribution in [2.45, 2.75) is 53.1 Å². The first-order chi connectivity index (χ1) is 9.92. The second-order valence-electron chi connectivity index (χ2n) is 7.56. The summed E-state index contributed by atoms with van der Waals surface area (Å²) < 4.78 is 0. The number of thioether (sulfide) groups is 1. The molecule has 3 amide bonds. The van der Waals surface area contributed by atoms with E-state index in [9.17, 15) is 14.4 Å².